The predicted octanol–water partition coefficient (Wildman–Crippen LogP) is 2.24. The number of hydrogen-bond acceptors (Lipinski definition) is 2. The molecule has 0 spiro atoms. The highest BCUT2D eigenvalue weighted by molar-refractivity contribution is 9.10. The SMILES string of the molecule is NC1(c2ccc(Br)c(F)c2O)CC1. The summed E-state index contributed by atoms with van der Waals surface area (Å²) >= 11 is 2.99. The Labute approximate surface area is 83.7 Å². The number of halogens is 2. The van der Waals surface area contributed by atoms with Crippen LogP contribution in [0.5, 0.6) is 5.75 Å². The second-order valence-electron chi connectivity index (χ2n) is 3.41. The molecule has 0 aromatic heterocycles. The Morgan fingerprint density at radius 3 is 2.62 bits per heavy atom. The largest absolute Gasteiger partial charge is 0.505 e. The van der Waals surface area contributed by atoms with Crippen molar-refractivity contribution in [3.8, 4) is 5.75 Å². The lowest BCUT2D eigenvalue weighted by Gasteiger charge is -2.12. The van der Waals surface area contributed by atoms with Gasteiger partial charge in [-0.1, -0.05) is 6.07 Å². The quantitative estimate of drug-likeness (QED) is 0.798. The molecule has 70 valence electrons. The predicted molar refractivity (Wildman–Crippen MR) is 50.9 cm³/mol. The number of nitrogens with two attached hydrogens (primary N) is 1. The van der Waals surface area contributed by atoms with Gasteiger partial charge in [0, 0.05) is 11.1 Å². The number of aromatic hydroxyl groups is 1. The summed E-state index contributed by atoms with van der Waals surface area (Å²) in [6, 6.07) is 3.23. The van der Waals surface area contributed by atoms with Gasteiger partial charge in [-0.2, -0.15) is 0 Å². The monoisotopic (exact) mass is 245 g/mol. The minimum atomic E-state index is -0.630. The second kappa shape index (κ2) is 2.69. The molecule has 2 rings (SSSR count). The highest BCUT2D eigenvalue weighted by Crippen LogP contribution is 2.47. The van der Waals surface area contributed by atoms with Crippen LogP contribution in [0.2, 0.25) is 0 Å². The molecule has 3 N–H and O–H groups in total. The summed E-state index contributed by atoms with van der Waals surface area (Å²) in [5.41, 5.74) is 5.86. The summed E-state index contributed by atoms with van der Waals surface area (Å²) in [6.07, 6.45) is 1.61. The van der Waals surface area contributed by atoms with Crippen LogP contribution in [0.4, 0.5) is 4.39 Å². The number of phenols is 1. The van der Waals surface area contributed by atoms with Crippen LogP contribution in [0.25, 0.3) is 0 Å². The van der Waals surface area contributed by atoms with Crippen molar-refractivity contribution in [3.63, 3.8) is 0 Å². The molecule has 1 aliphatic carbocycles. The molecule has 1 aliphatic rings. The van der Waals surface area contributed by atoms with Gasteiger partial charge in [-0.05, 0) is 34.8 Å². The summed E-state index contributed by atoms with van der Waals surface area (Å²) in [5.74, 6) is -0.955. The molecule has 1 saturated carbocycles. The molecule has 0 amide bonds. The lowest BCUT2D eigenvalue weighted by atomic mass is 10.0. The van der Waals surface area contributed by atoms with Crippen molar-refractivity contribution in [2.75, 3.05) is 0 Å². The van der Waals surface area contributed by atoms with Gasteiger partial charge in [0.2, 0.25) is 0 Å². The van der Waals surface area contributed by atoms with Crippen LogP contribution in [0, 0.1) is 5.82 Å². The van der Waals surface area contributed by atoms with Gasteiger partial charge in [-0.25, -0.2) is 4.39 Å². The van der Waals surface area contributed by atoms with Crippen molar-refractivity contribution in [2.45, 2.75) is 18.4 Å². The summed E-state index contributed by atoms with van der Waals surface area (Å²) in [5, 5.41) is 9.47. The van der Waals surface area contributed by atoms with E-state index in [-0.39, 0.29) is 10.2 Å². The molecule has 2 nitrogen and oxygen atoms in total. The zero-order valence-corrected chi connectivity index (χ0v) is 8.44. The molecule has 0 unspecified atom stereocenters. The molecule has 1 aromatic rings. The lowest BCUT2D eigenvalue weighted by Crippen LogP contribution is -2.19. The van der Waals surface area contributed by atoms with Crippen molar-refractivity contribution in [1.29, 1.82) is 0 Å². The average Bonchev–Trinajstić information content (AvgIpc) is 2.80. The van der Waals surface area contributed by atoms with Gasteiger partial charge in [0.25, 0.3) is 0 Å². The fourth-order valence-electron chi connectivity index (χ4n) is 1.35. The minimum Gasteiger partial charge on any atom is -0.505 e. The molecule has 0 bridgehead atoms. The topological polar surface area (TPSA) is 46.2 Å². The molecule has 4 heteroatoms. The van der Waals surface area contributed by atoms with Crippen LogP contribution >= 0.6 is 15.9 Å². The van der Waals surface area contributed by atoms with E-state index in [0.717, 1.165) is 12.8 Å². The van der Waals surface area contributed by atoms with Gasteiger partial charge < -0.3 is 10.8 Å². The summed E-state index contributed by atoms with van der Waals surface area (Å²) in [7, 11) is 0. The highest BCUT2D eigenvalue weighted by Gasteiger charge is 2.42. The van der Waals surface area contributed by atoms with E-state index in [1.165, 1.54) is 0 Å². The van der Waals surface area contributed by atoms with Gasteiger partial charge in [-0.3, -0.25) is 0 Å². The molecule has 0 saturated heterocycles. The lowest BCUT2D eigenvalue weighted by molar-refractivity contribution is 0.417. The molecule has 0 aliphatic heterocycles. The first kappa shape index (κ1) is 8.97. The maximum absolute atomic E-state index is 13.2. The van der Waals surface area contributed by atoms with E-state index >= 15 is 0 Å². The third kappa shape index (κ3) is 1.34. The number of phenolic OH excluding ortho intramolecular Hbond substituents is 1. The van der Waals surface area contributed by atoms with Gasteiger partial charge in [-0.15, -0.1) is 0 Å². The van der Waals surface area contributed by atoms with Crippen LogP contribution in [0.15, 0.2) is 16.6 Å². The normalized spacial score (nSPS) is 18.7. The minimum absolute atomic E-state index is 0.262. The molecule has 0 radical (unpaired) electrons. The Kier molecular flexibility index (Phi) is 1.85. The van der Waals surface area contributed by atoms with Gasteiger partial charge in [0.15, 0.2) is 11.6 Å². The van der Waals surface area contributed by atoms with E-state index in [1.807, 2.05) is 0 Å². The van der Waals surface area contributed by atoms with Crippen LogP contribution in [-0.2, 0) is 5.54 Å². The first-order chi connectivity index (χ1) is 6.04. The molecular weight excluding hydrogens is 237 g/mol. The Morgan fingerprint density at radius 2 is 2.08 bits per heavy atom. The molecule has 0 heterocycles. The third-order valence-corrected chi connectivity index (χ3v) is 3.01. The Bertz CT molecular complexity index is 363. The standard InChI is InChI=1S/C9H9BrFNO/c10-6-2-1-5(8(13)7(6)11)9(12)3-4-9/h1-2,13H,3-4,12H2. The summed E-state index contributed by atoms with van der Waals surface area (Å²) in [6.45, 7) is 0. The van der Waals surface area contributed by atoms with Crippen LogP contribution < -0.4 is 5.73 Å². The fraction of sp³-hybridized carbons (Fsp3) is 0.333. The summed E-state index contributed by atoms with van der Waals surface area (Å²) in [4.78, 5) is 0. The van der Waals surface area contributed by atoms with Gasteiger partial charge in [0.1, 0.15) is 0 Å². The Balaban J connectivity index is 2.54. The average molecular weight is 246 g/mol. The summed E-state index contributed by atoms with van der Waals surface area (Å²) < 4.78 is 13.5. The van der Waals surface area contributed by atoms with Crippen LogP contribution in [0.1, 0.15) is 18.4 Å². The zero-order valence-electron chi connectivity index (χ0n) is 6.85. The molecule has 0 atom stereocenters. The van der Waals surface area contributed by atoms with Crippen LogP contribution in [0.3, 0.4) is 0 Å². The first-order valence-corrected chi connectivity index (χ1v) is 4.80. The maximum atomic E-state index is 13.2. The van der Waals surface area contributed by atoms with Crippen molar-refractivity contribution in [2.24, 2.45) is 5.73 Å². The van der Waals surface area contributed by atoms with E-state index in [1.54, 1.807) is 12.1 Å². The van der Waals surface area contributed by atoms with Crippen molar-refractivity contribution in [3.05, 3.63) is 28.0 Å². The Morgan fingerprint density at radius 1 is 1.46 bits per heavy atom. The van der Waals surface area contributed by atoms with E-state index in [4.69, 9.17) is 5.73 Å². The third-order valence-electron chi connectivity index (χ3n) is 2.39. The molecule has 1 aromatic carbocycles. The van der Waals surface area contributed by atoms with E-state index < -0.39 is 11.4 Å². The number of rotatable bonds is 1. The van der Waals surface area contributed by atoms with E-state index in [2.05, 4.69) is 15.9 Å². The van der Waals surface area contributed by atoms with Crippen molar-refractivity contribution < 1.29 is 9.50 Å². The van der Waals surface area contributed by atoms with Crippen molar-refractivity contribution in [1.82, 2.24) is 0 Å². The van der Waals surface area contributed by atoms with Crippen LogP contribution in [-0.4, -0.2) is 5.11 Å². The highest BCUT2D eigenvalue weighted by atomic mass is 79.9. The molecule has 1 fully saturated rings. The van der Waals surface area contributed by atoms with E-state index in [0.29, 0.717) is 5.56 Å². The number of hydrogen-bond donors (Lipinski definition) is 2. The molecule has 13 heavy (non-hydrogen) atoms. The second-order valence-corrected chi connectivity index (χ2v) is 4.27. The van der Waals surface area contributed by atoms with Gasteiger partial charge >= 0.3 is 0 Å². The zero-order chi connectivity index (χ0) is 9.64. The molecular formula is C9H9BrFNO. The maximum Gasteiger partial charge on any atom is 0.179 e. The fourth-order valence-corrected chi connectivity index (χ4v) is 1.67. The van der Waals surface area contributed by atoms with E-state index in [9.17, 15) is 9.50 Å². The van der Waals surface area contributed by atoms with Gasteiger partial charge in [0.05, 0.1) is 4.47 Å². The number of benzene rings is 1. The van der Waals surface area contributed by atoms with Crippen molar-refractivity contribution >= 4 is 15.9 Å². The smallest absolute Gasteiger partial charge is 0.179 e. The Hall–Kier alpha value is -0.610. The first-order valence-electron chi connectivity index (χ1n) is 4.01.